The molecule has 1 aromatic rings. The molecule has 1 unspecified atom stereocenters. The number of pyridine rings is 1. The summed E-state index contributed by atoms with van der Waals surface area (Å²) in [6.07, 6.45) is 3.24. The van der Waals surface area contributed by atoms with E-state index in [4.69, 9.17) is 0 Å². The zero-order chi connectivity index (χ0) is 8.48. The van der Waals surface area contributed by atoms with E-state index in [0.717, 1.165) is 5.56 Å². The summed E-state index contributed by atoms with van der Waals surface area (Å²) in [4.78, 5) is 3.97. The summed E-state index contributed by atoms with van der Waals surface area (Å²) in [6, 6.07) is 3.67. The molecule has 0 radical (unpaired) electrons. The lowest BCUT2D eigenvalue weighted by molar-refractivity contribution is 0.682. The predicted octanol–water partition coefficient (Wildman–Crippen LogP) is 1.10. The average molecular weight is 169 g/mol. The predicted molar refractivity (Wildman–Crippen MR) is 48.4 cm³/mol. The van der Waals surface area contributed by atoms with Crippen LogP contribution in [0.4, 0.5) is 0 Å². The number of hydrogen-bond acceptors (Lipinski definition) is 2. The highest BCUT2D eigenvalue weighted by Gasteiger charge is 2.00. The van der Waals surface area contributed by atoms with Crippen LogP contribution < -0.4 is 0 Å². The molecule has 1 atom stereocenters. The molecule has 0 aromatic carbocycles. The van der Waals surface area contributed by atoms with Crippen LogP contribution in [0.15, 0.2) is 23.4 Å². The summed E-state index contributed by atoms with van der Waals surface area (Å²) in [5, 5.41) is 0.581. The van der Waals surface area contributed by atoms with Crippen molar-refractivity contribution < 1.29 is 4.21 Å². The fourth-order valence-corrected chi connectivity index (χ4v) is 1.46. The molecule has 0 aliphatic rings. The van der Waals surface area contributed by atoms with Crippen molar-refractivity contribution in [2.75, 3.05) is 6.26 Å². The minimum absolute atomic E-state index is 0.581. The highest BCUT2D eigenvalue weighted by atomic mass is 32.2. The van der Waals surface area contributed by atoms with Gasteiger partial charge in [-0.2, -0.15) is 0 Å². The molecule has 1 aromatic heterocycles. The normalized spacial score (nSPS) is 15.8. The molecule has 0 bridgehead atoms. The highest BCUT2D eigenvalue weighted by Crippen LogP contribution is 2.05. The van der Waals surface area contributed by atoms with Crippen molar-refractivity contribution in [3.05, 3.63) is 23.9 Å². The number of nitrogens with zero attached hydrogens (tertiary/aromatic N) is 1. The van der Waals surface area contributed by atoms with Gasteiger partial charge in [0, 0.05) is 22.0 Å². The smallest absolute Gasteiger partial charge is 0.118 e. The first-order chi connectivity index (χ1) is 5.00. The highest BCUT2D eigenvalue weighted by molar-refractivity contribution is 7.99. The molecule has 0 N–H and O–H groups in total. The van der Waals surface area contributed by atoms with Crippen LogP contribution in [0.1, 0.15) is 5.56 Å². The Labute approximate surface area is 67.3 Å². The van der Waals surface area contributed by atoms with E-state index < -0.39 is 9.52 Å². The van der Waals surface area contributed by atoms with Crippen LogP contribution in [0.3, 0.4) is 0 Å². The Morgan fingerprint density at radius 2 is 2.27 bits per heavy atom. The van der Waals surface area contributed by atoms with Crippen LogP contribution in [0.5, 0.6) is 0 Å². The van der Waals surface area contributed by atoms with Gasteiger partial charge in [-0.25, -0.2) is 4.98 Å². The van der Waals surface area contributed by atoms with Gasteiger partial charge in [-0.15, -0.1) is 0 Å². The molecule has 2 nitrogen and oxygen atoms in total. The molecule has 0 fully saturated rings. The van der Waals surface area contributed by atoms with Gasteiger partial charge < -0.3 is 0 Å². The first-order valence-corrected chi connectivity index (χ1v) is 5.38. The molecule has 1 heterocycles. The fraction of sp³-hybridized carbons (Fsp3) is 0.250. The van der Waals surface area contributed by atoms with Gasteiger partial charge in [0.25, 0.3) is 0 Å². The lowest BCUT2D eigenvalue weighted by Gasteiger charge is -2.00. The molecule has 11 heavy (non-hydrogen) atoms. The van der Waals surface area contributed by atoms with Crippen molar-refractivity contribution >= 4 is 15.4 Å². The summed E-state index contributed by atoms with van der Waals surface area (Å²) in [6.45, 7) is 1.94. The minimum atomic E-state index is -2.14. The zero-order valence-corrected chi connectivity index (χ0v) is 7.52. The van der Waals surface area contributed by atoms with Gasteiger partial charge in [0.1, 0.15) is 5.03 Å². The first-order valence-electron chi connectivity index (χ1n) is 3.25. The fourth-order valence-electron chi connectivity index (χ4n) is 0.745. The van der Waals surface area contributed by atoms with E-state index in [1.807, 2.05) is 13.0 Å². The van der Waals surface area contributed by atoms with Crippen LogP contribution in [-0.2, 0) is 9.52 Å². The molecule has 0 aliphatic carbocycles. The maximum atomic E-state index is 11.4. The SMILES string of the molecule is C=S(C)(=O)c1cc(C)ccn1. The van der Waals surface area contributed by atoms with Gasteiger partial charge in [0.05, 0.1) is 0 Å². The maximum Gasteiger partial charge on any atom is 0.118 e. The second kappa shape index (κ2) is 2.66. The van der Waals surface area contributed by atoms with Gasteiger partial charge in [0.2, 0.25) is 0 Å². The second-order valence-corrected chi connectivity index (χ2v) is 5.10. The Hall–Kier alpha value is -0.830. The van der Waals surface area contributed by atoms with Gasteiger partial charge in [-0.1, -0.05) is 0 Å². The second-order valence-electron chi connectivity index (χ2n) is 2.68. The molecule has 0 saturated carbocycles. The van der Waals surface area contributed by atoms with E-state index in [1.54, 1.807) is 18.5 Å². The number of hydrogen-bond donors (Lipinski definition) is 0. The molecule has 60 valence electrons. The van der Waals surface area contributed by atoms with E-state index in [1.165, 1.54) is 0 Å². The van der Waals surface area contributed by atoms with E-state index in [2.05, 4.69) is 10.9 Å². The maximum absolute atomic E-state index is 11.4. The standard InChI is InChI=1S/C8H11NOS/c1-7-4-5-9-8(6-7)11(2,3)10/h4-6H,2H2,1,3H3. The Balaban J connectivity index is 3.28. The van der Waals surface area contributed by atoms with Gasteiger partial charge in [0.15, 0.2) is 0 Å². The third-order valence-electron chi connectivity index (χ3n) is 1.33. The summed E-state index contributed by atoms with van der Waals surface area (Å²) >= 11 is 0. The van der Waals surface area contributed by atoms with Gasteiger partial charge in [-0.3, -0.25) is 4.21 Å². The molecule has 0 amide bonds. The van der Waals surface area contributed by atoms with Crippen molar-refractivity contribution in [3.8, 4) is 0 Å². The van der Waals surface area contributed by atoms with Crippen LogP contribution in [0, 0.1) is 6.92 Å². The Kier molecular flexibility index (Phi) is 2.00. The third kappa shape index (κ3) is 2.05. The van der Waals surface area contributed by atoms with E-state index in [-0.39, 0.29) is 0 Å². The van der Waals surface area contributed by atoms with Crippen molar-refractivity contribution in [3.63, 3.8) is 0 Å². The zero-order valence-electron chi connectivity index (χ0n) is 6.70. The van der Waals surface area contributed by atoms with Crippen LogP contribution in [0.2, 0.25) is 0 Å². The van der Waals surface area contributed by atoms with Crippen LogP contribution in [-0.4, -0.2) is 21.3 Å². The average Bonchev–Trinajstić information content (AvgIpc) is 1.86. The first kappa shape index (κ1) is 8.27. The largest absolute Gasteiger partial charge is 0.262 e. The lowest BCUT2D eigenvalue weighted by atomic mass is 10.3. The molecular formula is C8H11NOS. The minimum Gasteiger partial charge on any atom is -0.262 e. The Morgan fingerprint density at radius 1 is 1.64 bits per heavy atom. The van der Waals surface area contributed by atoms with E-state index in [9.17, 15) is 4.21 Å². The summed E-state index contributed by atoms with van der Waals surface area (Å²) < 4.78 is 11.4. The summed E-state index contributed by atoms with van der Waals surface area (Å²) in [5.41, 5.74) is 1.06. The molecule has 3 heteroatoms. The topological polar surface area (TPSA) is 30.0 Å². The Morgan fingerprint density at radius 3 is 2.64 bits per heavy atom. The monoisotopic (exact) mass is 169 g/mol. The lowest BCUT2D eigenvalue weighted by Crippen LogP contribution is -1.99. The van der Waals surface area contributed by atoms with Gasteiger partial charge in [-0.05, 0) is 30.5 Å². The molecular weight excluding hydrogens is 158 g/mol. The van der Waals surface area contributed by atoms with Crippen molar-refractivity contribution in [2.24, 2.45) is 0 Å². The summed E-state index contributed by atoms with van der Waals surface area (Å²) in [5.74, 6) is 3.55. The molecule has 0 spiro atoms. The number of aromatic nitrogens is 1. The number of rotatable bonds is 1. The van der Waals surface area contributed by atoms with E-state index >= 15 is 0 Å². The molecule has 1 rings (SSSR count). The van der Waals surface area contributed by atoms with E-state index in [0.29, 0.717) is 5.03 Å². The van der Waals surface area contributed by atoms with Crippen LogP contribution >= 0.6 is 0 Å². The molecule has 0 saturated heterocycles. The third-order valence-corrected chi connectivity index (χ3v) is 2.44. The molecule has 0 aliphatic heterocycles. The van der Waals surface area contributed by atoms with Crippen molar-refractivity contribution in [2.45, 2.75) is 11.9 Å². The van der Waals surface area contributed by atoms with Gasteiger partial charge >= 0.3 is 0 Å². The van der Waals surface area contributed by atoms with Crippen molar-refractivity contribution in [1.29, 1.82) is 0 Å². The number of aryl methyl sites for hydroxylation is 1. The quantitative estimate of drug-likeness (QED) is 0.589. The Bertz CT molecular complexity index is 354. The summed E-state index contributed by atoms with van der Waals surface area (Å²) in [7, 11) is -2.14. The van der Waals surface area contributed by atoms with Crippen molar-refractivity contribution in [1.82, 2.24) is 4.98 Å². The van der Waals surface area contributed by atoms with Crippen LogP contribution in [0.25, 0.3) is 0 Å².